The van der Waals surface area contributed by atoms with E-state index in [4.69, 9.17) is 17.3 Å². The van der Waals surface area contributed by atoms with Crippen molar-refractivity contribution in [1.82, 2.24) is 24.7 Å². The molecule has 3 saturated carbocycles. The Kier molecular flexibility index (Phi) is 4.73. The highest BCUT2D eigenvalue weighted by atomic mass is 35.5. The number of hydrogen-bond donors (Lipinski definition) is 1. The lowest BCUT2D eigenvalue weighted by molar-refractivity contribution is -0.0663. The van der Waals surface area contributed by atoms with Crippen LogP contribution in [-0.4, -0.2) is 30.3 Å². The van der Waals surface area contributed by atoms with Crippen LogP contribution in [0.15, 0.2) is 42.9 Å². The molecule has 0 radical (unpaired) electrons. The van der Waals surface area contributed by atoms with Gasteiger partial charge in [0.15, 0.2) is 5.82 Å². The van der Waals surface area contributed by atoms with Crippen molar-refractivity contribution in [2.24, 2.45) is 5.73 Å². The topological polar surface area (TPSA) is 82.5 Å². The Morgan fingerprint density at radius 3 is 2.38 bits per heavy atom. The van der Waals surface area contributed by atoms with E-state index in [9.17, 15) is 0 Å². The Bertz CT molecular complexity index is 923. The first-order valence-corrected chi connectivity index (χ1v) is 8.24. The largest absolute Gasteiger partial charge is 0.325 e. The second-order valence-electron chi connectivity index (χ2n) is 6.90. The maximum absolute atomic E-state index is 6.46. The fourth-order valence-electron chi connectivity index (χ4n) is 4.18. The fraction of sp³-hybridized carbons (Fsp3) is 0.294. The van der Waals surface area contributed by atoms with Crippen LogP contribution in [0.4, 0.5) is 0 Å². The van der Waals surface area contributed by atoms with Gasteiger partial charge in [0.25, 0.3) is 0 Å². The van der Waals surface area contributed by atoms with E-state index in [1.165, 1.54) is 6.33 Å². The molecule has 6 nitrogen and oxygen atoms in total. The molecule has 136 valence electrons. The number of hydrogen-bond acceptors (Lipinski definition) is 5. The first-order valence-electron chi connectivity index (χ1n) is 7.86. The molecular weight excluding hydrogens is 395 g/mol. The van der Waals surface area contributed by atoms with Gasteiger partial charge in [0.2, 0.25) is 0 Å². The fourth-order valence-corrected chi connectivity index (χ4v) is 4.40. The normalized spacial score (nSPS) is 25.3. The van der Waals surface area contributed by atoms with Gasteiger partial charge in [-0.05, 0) is 37.5 Å². The molecule has 0 amide bonds. The summed E-state index contributed by atoms with van der Waals surface area (Å²) in [7, 11) is 0. The summed E-state index contributed by atoms with van der Waals surface area (Å²) >= 11 is 6.46. The SMILES string of the molecule is Cl.Cl.NC12CC(c3nnc(-c4ccncn4)n3-c3ccccc3Cl)(C1)C2. The molecule has 3 aliphatic rings. The van der Waals surface area contributed by atoms with Crippen LogP contribution >= 0.6 is 36.4 Å². The van der Waals surface area contributed by atoms with Crippen molar-refractivity contribution in [3.8, 4) is 17.2 Å². The van der Waals surface area contributed by atoms with Crippen LogP contribution < -0.4 is 5.73 Å². The summed E-state index contributed by atoms with van der Waals surface area (Å²) < 4.78 is 2.03. The molecule has 1 aromatic carbocycles. The lowest BCUT2D eigenvalue weighted by Crippen LogP contribution is -2.75. The quantitative estimate of drug-likeness (QED) is 0.714. The standard InChI is InChI=1S/C17H15ClN6.2ClH/c18-11-3-1-2-4-13(11)24-14(12-5-6-20-10-21-12)22-23-15(24)16-7-17(19,8-16)9-16;;/h1-6,10H,7-9,19H2;2*1H. The molecule has 3 aromatic rings. The predicted octanol–water partition coefficient (Wildman–Crippen LogP) is 3.35. The Morgan fingerprint density at radius 2 is 1.77 bits per heavy atom. The van der Waals surface area contributed by atoms with Gasteiger partial charge in [0, 0.05) is 17.2 Å². The molecule has 0 aliphatic heterocycles. The molecule has 3 aliphatic carbocycles. The van der Waals surface area contributed by atoms with Crippen LogP contribution in [0, 0.1) is 0 Å². The molecule has 0 saturated heterocycles. The molecule has 0 spiro atoms. The van der Waals surface area contributed by atoms with Gasteiger partial charge in [-0.2, -0.15) is 0 Å². The summed E-state index contributed by atoms with van der Waals surface area (Å²) in [6.07, 6.45) is 6.06. The summed E-state index contributed by atoms with van der Waals surface area (Å²) in [5, 5.41) is 9.59. The molecule has 2 N–H and O–H groups in total. The Balaban J connectivity index is 0.000000980. The van der Waals surface area contributed by atoms with E-state index in [0.29, 0.717) is 10.8 Å². The summed E-state index contributed by atoms with van der Waals surface area (Å²) in [6, 6.07) is 9.55. The van der Waals surface area contributed by atoms with E-state index in [1.54, 1.807) is 6.20 Å². The summed E-state index contributed by atoms with van der Waals surface area (Å²) in [5.41, 5.74) is 7.84. The third-order valence-corrected chi connectivity index (χ3v) is 5.43. The monoisotopic (exact) mass is 410 g/mol. The minimum Gasteiger partial charge on any atom is -0.325 e. The molecular formula is C17H17Cl3N6. The van der Waals surface area contributed by atoms with Gasteiger partial charge < -0.3 is 5.73 Å². The number of para-hydroxylation sites is 1. The lowest BCUT2D eigenvalue weighted by atomic mass is 9.39. The minimum absolute atomic E-state index is 0. The van der Waals surface area contributed by atoms with Crippen LogP contribution in [0.3, 0.4) is 0 Å². The van der Waals surface area contributed by atoms with E-state index in [0.717, 1.165) is 36.5 Å². The molecule has 0 unspecified atom stereocenters. The zero-order chi connectivity index (χ0) is 16.4. The Labute approximate surface area is 168 Å². The van der Waals surface area contributed by atoms with E-state index in [1.807, 2.05) is 34.9 Å². The highest BCUT2D eigenvalue weighted by molar-refractivity contribution is 6.32. The van der Waals surface area contributed by atoms with Crippen molar-refractivity contribution in [1.29, 1.82) is 0 Å². The van der Waals surface area contributed by atoms with Crippen LogP contribution in [-0.2, 0) is 5.41 Å². The number of nitrogens with two attached hydrogens (primary N) is 1. The van der Waals surface area contributed by atoms with Gasteiger partial charge in [-0.1, -0.05) is 23.7 Å². The molecule has 6 rings (SSSR count). The summed E-state index contributed by atoms with van der Waals surface area (Å²) in [5.74, 6) is 1.60. The lowest BCUT2D eigenvalue weighted by Gasteiger charge is -2.68. The van der Waals surface area contributed by atoms with Crippen molar-refractivity contribution < 1.29 is 0 Å². The Hall–Kier alpha value is -1.73. The maximum Gasteiger partial charge on any atom is 0.187 e. The first kappa shape index (κ1) is 19.0. The van der Waals surface area contributed by atoms with E-state index in [-0.39, 0.29) is 35.8 Å². The molecule has 3 fully saturated rings. The van der Waals surface area contributed by atoms with E-state index < -0.39 is 0 Å². The summed E-state index contributed by atoms with van der Waals surface area (Å²) in [4.78, 5) is 8.31. The minimum atomic E-state index is -0.00760. The van der Waals surface area contributed by atoms with E-state index in [2.05, 4.69) is 20.2 Å². The van der Waals surface area contributed by atoms with Gasteiger partial charge in [-0.25, -0.2) is 9.97 Å². The Morgan fingerprint density at radius 1 is 1.04 bits per heavy atom. The van der Waals surface area contributed by atoms with Crippen LogP contribution in [0.5, 0.6) is 0 Å². The van der Waals surface area contributed by atoms with Crippen LogP contribution in [0.1, 0.15) is 25.1 Å². The second kappa shape index (κ2) is 6.46. The molecule has 2 aromatic heterocycles. The number of aromatic nitrogens is 5. The third-order valence-electron chi connectivity index (χ3n) is 5.11. The van der Waals surface area contributed by atoms with Gasteiger partial charge in [-0.15, -0.1) is 35.0 Å². The van der Waals surface area contributed by atoms with Gasteiger partial charge in [-0.3, -0.25) is 4.57 Å². The maximum atomic E-state index is 6.46. The average Bonchev–Trinajstić information content (AvgIpc) is 2.97. The highest BCUT2D eigenvalue weighted by Gasteiger charge is 2.68. The van der Waals surface area contributed by atoms with Crippen molar-refractivity contribution in [2.75, 3.05) is 0 Å². The number of rotatable bonds is 3. The van der Waals surface area contributed by atoms with Gasteiger partial charge in [0.05, 0.1) is 10.7 Å². The molecule has 2 bridgehead atoms. The first-order chi connectivity index (χ1) is 11.6. The van der Waals surface area contributed by atoms with Crippen molar-refractivity contribution in [2.45, 2.75) is 30.2 Å². The zero-order valence-electron chi connectivity index (χ0n) is 13.7. The summed E-state index contributed by atoms with van der Waals surface area (Å²) in [6.45, 7) is 0. The van der Waals surface area contributed by atoms with Crippen LogP contribution in [0.25, 0.3) is 17.2 Å². The third kappa shape index (κ3) is 2.60. The number of benzene rings is 1. The van der Waals surface area contributed by atoms with Crippen molar-refractivity contribution >= 4 is 36.4 Å². The molecule has 0 atom stereocenters. The zero-order valence-corrected chi connectivity index (χ0v) is 16.1. The van der Waals surface area contributed by atoms with Gasteiger partial charge in [0.1, 0.15) is 17.8 Å². The number of halogens is 3. The average molecular weight is 412 g/mol. The van der Waals surface area contributed by atoms with Crippen molar-refractivity contribution in [3.63, 3.8) is 0 Å². The predicted molar refractivity (Wildman–Crippen MR) is 104 cm³/mol. The molecule has 2 heterocycles. The number of nitrogens with zero attached hydrogens (tertiary/aromatic N) is 5. The van der Waals surface area contributed by atoms with E-state index >= 15 is 0 Å². The second-order valence-corrected chi connectivity index (χ2v) is 7.31. The molecule has 9 heteroatoms. The van der Waals surface area contributed by atoms with Crippen molar-refractivity contribution in [3.05, 3.63) is 53.7 Å². The molecule has 26 heavy (non-hydrogen) atoms. The van der Waals surface area contributed by atoms with Gasteiger partial charge >= 0.3 is 0 Å². The van der Waals surface area contributed by atoms with Crippen LogP contribution in [0.2, 0.25) is 5.02 Å². The highest BCUT2D eigenvalue weighted by Crippen LogP contribution is 2.66. The smallest absolute Gasteiger partial charge is 0.187 e.